The third-order valence-corrected chi connectivity index (χ3v) is 3.39. The summed E-state index contributed by atoms with van der Waals surface area (Å²) in [6.07, 6.45) is 5.34. The van der Waals surface area contributed by atoms with E-state index in [-0.39, 0.29) is 11.9 Å². The first-order valence-electron chi connectivity index (χ1n) is 7.31. The maximum absolute atomic E-state index is 11.5. The number of amides is 1. The summed E-state index contributed by atoms with van der Waals surface area (Å²) in [6.45, 7) is 3.56. The Morgan fingerprint density at radius 3 is 2.81 bits per heavy atom. The molecule has 1 unspecified atom stereocenters. The number of nitrogens with zero attached hydrogens (tertiary/aromatic N) is 2. The largest absolute Gasteiger partial charge is 0.368 e. The van der Waals surface area contributed by atoms with Gasteiger partial charge in [-0.05, 0) is 19.4 Å². The minimum absolute atomic E-state index is 0.295. The summed E-state index contributed by atoms with van der Waals surface area (Å²) in [5, 5.41) is 3.18. The fourth-order valence-corrected chi connectivity index (χ4v) is 2.27. The second-order valence-corrected chi connectivity index (χ2v) is 5.01. The summed E-state index contributed by atoms with van der Waals surface area (Å²) >= 11 is 0. The topological polar surface area (TPSA) is 72.9 Å². The van der Waals surface area contributed by atoms with Crippen molar-refractivity contribution in [1.29, 1.82) is 0 Å². The lowest BCUT2D eigenvalue weighted by atomic mass is 10.1. The third kappa shape index (κ3) is 4.16. The van der Waals surface area contributed by atoms with E-state index in [1.54, 1.807) is 6.20 Å². The van der Waals surface area contributed by atoms with E-state index in [0.717, 1.165) is 24.4 Å². The molecule has 0 fully saturated rings. The van der Waals surface area contributed by atoms with E-state index in [2.05, 4.69) is 21.8 Å². The van der Waals surface area contributed by atoms with Gasteiger partial charge in [0, 0.05) is 24.5 Å². The SMILES string of the molecule is CCCNC(CCn1ccnc1-c1ccccc1)C(N)=O. The molecule has 3 N–H and O–H groups in total. The van der Waals surface area contributed by atoms with Gasteiger partial charge < -0.3 is 15.6 Å². The van der Waals surface area contributed by atoms with E-state index < -0.39 is 0 Å². The summed E-state index contributed by atoms with van der Waals surface area (Å²) in [5.41, 5.74) is 6.51. The first-order valence-corrected chi connectivity index (χ1v) is 7.31. The van der Waals surface area contributed by atoms with Gasteiger partial charge in [0.05, 0.1) is 6.04 Å². The Labute approximate surface area is 125 Å². The highest BCUT2D eigenvalue weighted by Crippen LogP contribution is 2.17. The number of aryl methyl sites for hydroxylation is 1. The molecule has 1 aromatic carbocycles. The van der Waals surface area contributed by atoms with Gasteiger partial charge in [-0.15, -0.1) is 0 Å². The number of rotatable bonds is 8. The maximum Gasteiger partial charge on any atom is 0.234 e. The van der Waals surface area contributed by atoms with Crippen LogP contribution in [0.3, 0.4) is 0 Å². The van der Waals surface area contributed by atoms with Crippen molar-refractivity contribution >= 4 is 5.91 Å². The molecule has 0 radical (unpaired) electrons. The highest BCUT2D eigenvalue weighted by Gasteiger charge is 2.15. The van der Waals surface area contributed by atoms with Crippen molar-refractivity contribution < 1.29 is 4.79 Å². The molecule has 1 atom stereocenters. The van der Waals surface area contributed by atoms with Gasteiger partial charge in [0.2, 0.25) is 5.91 Å². The molecule has 21 heavy (non-hydrogen) atoms. The Balaban J connectivity index is 2.03. The van der Waals surface area contributed by atoms with Crippen LogP contribution in [0.1, 0.15) is 19.8 Å². The highest BCUT2D eigenvalue weighted by atomic mass is 16.1. The zero-order chi connectivity index (χ0) is 15.1. The first kappa shape index (κ1) is 15.3. The van der Waals surface area contributed by atoms with Crippen molar-refractivity contribution in [2.45, 2.75) is 32.4 Å². The van der Waals surface area contributed by atoms with E-state index in [1.807, 2.05) is 36.5 Å². The number of primary amides is 1. The molecule has 1 amide bonds. The van der Waals surface area contributed by atoms with Crippen LogP contribution in [0.25, 0.3) is 11.4 Å². The molecule has 2 aromatic rings. The number of nitrogens with one attached hydrogen (secondary N) is 1. The fourth-order valence-electron chi connectivity index (χ4n) is 2.27. The quantitative estimate of drug-likeness (QED) is 0.777. The minimum atomic E-state index is -0.301. The maximum atomic E-state index is 11.5. The van der Waals surface area contributed by atoms with E-state index in [4.69, 9.17) is 5.73 Å². The molecule has 2 rings (SSSR count). The Morgan fingerprint density at radius 1 is 1.38 bits per heavy atom. The number of hydrogen-bond donors (Lipinski definition) is 2. The van der Waals surface area contributed by atoms with Crippen LogP contribution in [0.5, 0.6) is 0 Å². The van der Waals surface area contributed by atoms with Crippen LogP contribution in [0.2, 0.25) is 0 Å². The second kappa shape index (κ2) is 7.59. The predicted octanol–water partition coefficient (Wildman–Crippen LogP) is 1.79. The molecule has 0 spiro atoms. The Morgan fingerprint density at radius 2 is 2.14 bits per heavy atom. The zero-order valence-corrected chi connectivity index (χ0v) is 12.3. The molecule has 0 bridgehead atoms. The van der Waals surface area contributed by atoms with Crippen molar-refractivity contribution in [3.05, 3.63) is 42.7 Å². The van der Waals surface area contributed by atoms with Crippen molar-refractivity contribution in [2.24, 2.45) is 5.73 Å². The smallest absolute Gasteiger partial charge is 0.234 e. The van der Waals surface area contributed by atoms with Crippen molar-refractivity contribution in [3.8, 4) is 11.4 Å². The van der Waals surface area contributed by atoms with E-state index in [9.17, 15) is 4.79 Å². The molecule has 112 valence electrons. The normalized spacial score (nSPS) is 12.2. The summed E-state index contributed by atoms with van der Waals surface area (Å²) < 4.78 is 2.05. The molecule has 0 aliphatic rings. The number of nitrogens with two attached hydrogens (primary N) is 1. The molecule has 1 heterocycles. The minimum Gasteiger partial charge on any atom is -0.368 e. The average molecular weight is 286 g/mol. The molecular weight excluding hydrogens is 264 g/mol. The third-order valence-electron chi connectivity index (χ3n) is 3.39. The van der Waals surface area contributed by atoms with E-state index >= 15 is 0 Å². The van der Waals surface area contributed by atoms with Crippen LogP contribution in [0.15, 0.2) is 42.7 Å². The first-order chi connectivity index (χ1) is 10.2. The fraction of sp³-hybridized carbons (Fsp3) is 0.375. The molecular formula is C16H22N4O. The molecule has 1 aromatic heterocycles. The van der Waals surface area contributed by atoms with Crippen molar-refractivity contribution in [1.82, 2.24) is 14.9 Å². The van der Waals surface area contributed by atoms with Crippen molar-refractivity contribution in [3.63, 3.8) is 0 Å². The zero-order valence-electron chi connectivity index (χ0n) is 12.3. The standard InChI is InChI=1S/C16H22N4O/c1-2-9-18-14(15(17)21)8-11-20-12-10-19-16(20)13-6-4-3-5-7-13/h3-7,10,12,14,18H,2,8-9,11H2,1H3,(H2,17,21). The number of carbonyl (C=O) groups excluding carboxylic acids is 1. The highest BCUT2D eigenvalue weighted by molar-refractivity contribution is 5.79. The molecule has 0 saturated heterocycles. The molecule has 5 heteroatoms. The average Bonchev–Trinajstić information content (AvgIpc) is 2.96. The second-order valence-electron chi connectivity index (χ2n) is 5.01. The van der Waals surface area contributed by atoms with Crippen LogP contribution in [-0.4, -0.2) is 28.0 Å². The van der Waals surface area contributed by atoms with E-state index in [1.165, 1.54) is 0 Å². The number of aromatic nitrogens is 2. The van der Waals surface area contributed by atoms with Gasteiger partial charge in [0.25, 0.3) is 0 Å². The van der Waals surface area contributed by atoms with Crippen LogP contribution in [0.4, 0.5) is 0 Å². The van der Waals surface area contributed by atoms with Crippen LogP contribution in [0, 0.1) is 0 Å². The number of carbonyl (C=O) groups is 1. The summed E-state index contributed by atoms with van der Waals surface area (Å²) in [7, 11) is 0. The Bertz CT molecular complexity index is 565. The van der Waals surface area contributed by atoms with Gasteiger partial charge in [-0.3, -0.25) is 4.79 Å². The van der Waals surface area contributed by atoms with Gasteiger partial charge in [0.15, 0.2) is 0 Å². The van der Waals surface area contributed by atoms with Crippen molar-refractivity contribution in [2.75, 3.05) is 6.54 Å². The molecule has 5 nitrogen and oxygen atoms in total. The van der Waals surface area contributed by atoms with Gasteiger partial charge >= 0.3 is 0 Å². The lowest BCUT2D eigenvalue weighted by Crippen LogP contribution is -2.42. The molecule has 0 saturated carbocycles. The monoisotopic (exact) mass is 286 g/mol. The van der Waals surface area contributed by atoms with Gasteiger partial charge in [0.1, 0.15) is 5.82 Å². The lowest BCUT2D eigenvalue weighted by molar-refractivity contribution is -0.120. The number of hydrogen-bond acceptors (Lipinski definition) is 3. The van der Waals surface area contributed by atoms with Gasteiger partial charge in [-0.25, -0.2) is 4.98 Å². The predicted molar refractivity (Wildman–Crippen MR) is 83.6 cm³/mol. The Kier molecular flexibility index (Phi) is 5.51. The lowest BCUT2D eigenvalue weighted by Gasteiger charge is -2.16. The summed E-state index contributed by atoms with van der Waals surface area (Å²) in [6, 6.07) is 9.72. The molecule has 0 aliphatic carbocycles. The van der Waals surface area contributed by atoms with Crippen LogP contribution in [-0.2, 0) is 11.3 Å². The number of imidazole rings is 1. The van der Waals surface area contributed by atoms with Gasteiger partial charge in [-0.1, -0.05) is 37.3 Å². The number of benzene rings is 1. The molecule has 0 aliphatic heterocycles. The summed E-state index contributed by atoms with van der Waals surface area (Å²) in [5.74, 6) is 0.610. The Hall–Kier alpha value is -2.14. The van der Waals surface area contributed by atoms with E-state index in [0.29, 0.717) is 13.0 Å². The van der Waals surface area contributed by atoms with Crippen LogP contribution < -0.4 is 11.1 Å². The van der Waals surface area contributed by atoms with Gasteiger partial charge in [-0.2, -0.15) is 0 Å². The van der Waals surface area contributed by atoms with Crippen LogP contribution >= 0.6 is 0 Å². The summed E-state index contributed by atoms with van der Waals surface area (Å²) in [4.78, 5) is 15.9.